The first kappa shape index (κ1) is 66.8. The van der Waals surface area contributed by atoms with Gasteiger partial charge in [-0.15, -0.1) is 0 Å². The number of amides is 1. The molecule has 0 saturated carbocycles. The Morgan fingerprint density at radius 1 is 0.406 bits per heavy atom. The lowest BCUT2D eigenvalue weighted by Gasteiger charge is -2.22. The third-order valence-electron chi connectivity index (χ3n) is 13.9. The van der Waals surface area contributed by atoms with E-state index in [1.807, 2.05) is 0 Å². The molecule has 1 amide bonds. The van der Waals surface area contributed by atoms with Crippen molar-refractivity contribution in [2.75, 3.05) is 13.2 Å². The molecule has 0 rings (SSSR count). The van der Waals surface area contributed by atoms with Gasteiger partial charge in [-0.1, -0.05) is 262 Å². The van der Waals surface area contributed by atoms with Crippen LogP contribution in [0.15, 0.2) is 48.6 Å². The molecule has 69 heavy (non-hydrogen) atoms. The number of carbonyl (C=O) groups is 2. The highest BCUT2D eigenvalue weighted by molar-refractivity contribution is 5.76. The quantitative estimate of drug-likeness (QED) is 0.0321. The predicted octanol–water partition coefficient (Wildman–Crippen LogP) is 19.0. The van der Waals surface area contributed by atoms with Crippen LogP contribution in [-0.4, -0.2) is 47.4 Å². The van der Waals surface area contributed by atoms with Gasteiger partial charge in [0.1, 0.15) is 0 Å². The normalized spacial score (nSPS) is 12.9. The Morgan fingerprint density at radius 2 is 0.725 bits per heavy atom. The molecule has 0 radical (unpaired) electrons. The summed E-state index contributed by atoms with van der Waals surface area (Å²) in [4.78, 5) is 24.5. The van der Waals surface area contributed by atoms with E-state index in [9.17, 15) is 19.8 Å². The van der Waals surface area contributed by atoms with E-state index in [-0.39, 0.29) is 18.5 Å². The zero-order valence-corrected chi connectivity index (χ0v) is 46.0. The molecule has 6 nitrogen and oxygen atoms in total. The van der Waals surface area contributed by atoms with Crippen molar-refractivity contribution in [3.63, 3.8) is 0 Å². The highest BCUT2D eigenvalue weighted by atomic mass is 16.5. The summed E-state index contributed by atoms with van der Waals surface area (Å²) in [5.74, 6) is -0.0527. The number of hydrogen-bond donors (Lipinski definition) is 3. The Bertz CT molecular complexity index is 1160. The monoisotopic (exact) mass is 968 g/mol. The van der Waals surface area contributed by atoms with E-state index in [1.165, 1.54) is 212 Å². The van der Waals surface area contributed by atoms with Gasteiger partial charge in [-0.25, -0.2) is 0 Å². The summed E-state index contributed by atoms with van der Waals surface area (Å²) in [7, 11) is 0. The Morgan fingerprint density at radius 3 is 1.13 bits per heavy atom. The molecule has 0 spiro atoms. The molecule has 0 heterocycles. The minimum absolute atomic E-state index is 0.00730. The molecule has 3 N–H and O–H groups in total. The molecule has 2 atom stereocenters. The summed E-state index contributed by atoms with van der Waals surface area (Å²) in [5, 5.41) is 23.3. The van der Waals surface area contributed by atoms with E-state index >= 15 is 0 Å². The van der Waals surface area contributed by atoms with E-state index in [4.69, 9.17) is 4.74 Å². The minimum Gasteiger partial charge on any atom is -0.466 e. The maximum absolute atomic E-state index is 12.5. The molecule has 0 saturated heterocycles. The second-order valence-electron chi connectivity index (χ2n) is 20.7. The van der Waals surface area contributed by atoms with Crippen molar-refractivity contribution in [1.29, 1.82) is 0 Å². The number of nitrogens with one attached hydrogen (secondary N) is 1. The van der Waals surface area contributed by atoms with Crippen LogP contribution < -0.4 is 5.32 Å². The SMILES string of the molecule is CCCCC/C=C\C/C=C\CCCCCCCC(=O)OCCCCCCCCCCC/C=C\C/C=C\CCCCCCCCCC(=O)NC(CO)C(O)CCCCCCCCCCCCCCCC. The van der Waals surface area contributed by atoms with Crippen molar-refractivity contribution >= 4 is 11.9 Å². The van der Waals surface area contributed by atoms with Gasteiger partial charge in [0, 0.05) is 12.8 Å². The van der Waals surface area contributed by atoms with Crippen LogP contribution in [0.5, 0.6) is 0 Å². The smallest absolute Gasteiger partial charge is 0.305 e. The summed E-state index contributed by atoms with van der Waals surface area (Å²) < 4.78 is 5.47. The van der Waals surface area contributed by atoms with Crippen molar-refractivity contribution in [1.82, 2.24) is 5.32 Å². The second kappa shape index (κ2) is 58.4. The highest BCUT2D eigenvalue weighted by Crippen LogP contribution is 2.17. The van der Waals surface area contributed by atoms with Gasteiger partial charge in [0.25, 0.3) is 0 Å². The maximum Gasteiger partial charge on any atom is 0.305 e. The average Bonchev–Trinajstić information content (AvgIpc) is 3.35. The number of aliphatic hydroxyl groups excluding tert-OH is 2. The fraction of sp³-hybridized carbons (Fsp3) is 0.841. The molecule has 0 aromatic rings. The van der Waals surface area contributed by atoms with Crippen LogP contribution >= 0.6 is 0 Å². The molecule has 0 aliphatic heterocycles. The lowest BCUT2D eigenvalue weighted by molar-refractivity contribution is -0.143. The number of aliphatic hydroxyl groups is 2. The van der Waals surface area contributed by atoms with E-state index in [0.29, 0.717) is 25.9 Å². The van der Waals surface area contributed by atoms with Gasteiger partial charge in [-0.05, 0) is 89.9 Å². The molecule has 0 fully saturated rings. The van der Waals surface area contributed by atoms with E-state index in [0.717, 1.165) is 70.6 Å². The molecule has 6 heteroatoms. The lowest BCUT2D eigenvalue weighted by atomic mass is 10.0. The Kier molecular flexibility index (Phi) is 56.5. The number of ether oxygens (including phenoxy) is 1. The lowest BCUT2D eigenvalue weighted by Crippen LogP contribution is -2.45. The first-order valence-corrected chi connectivity index (χ1v) is 30.4. The molecule has 0 aliphatic rings. The first-order valence-electron chi connectivity index (χ1n) is 30.4. The van der Waals surface area contributed by atoms with E-state index in [1.54, 1.807) is 0 Å². The first-order chi connectivity index (χ1) is 34.0. The third-order valence-corrected chi connectivity index (χ3v) is 13.9. The number of rotatable bonds is 56. The summed E-state index contributed by atoms with van der Waals surface area (Å²) in [5.41, 5.74) is 0. The zero-order chi connectivity index (χ0) is 50.0. The Balaban J connectivity index is 3.46. The number of carbonyl (C=O) groups excluding carboxylic acids is 2. The van der Waals surface area contributed by atoms with Crippen LogP contribution in [0.3, 0.4) is 0 Å². The van der Waals surface area contributed by atoms with Gasteiger partial charge in [0.15, 0.2) is 0 Å². The van der Waals surface area contributed by atoms with E-state index in [2.05, 4.69) is 67.8 Å². The molecule has 0 aromatic heterocycles. The summed E-state index contributed by atoms with van der Waals surface area (Å²) in [6.45, 7) is 4.91. The molecule has 404 valence electrons. The minimum atomic E-state index is -0.671. The number of esters is 1. The average molecular weight is 969 g/mol. The molecule has 0 aromatic carbocycles. The predicted molar refractivity (Wildman–Crippen MR) is 301 cm³/mol. The van der Waals surface area contributed by atoms with Gasteiger partial charge >= 0.3 is 5.97 Å². The molecule has 2 unspecified atom stereocenters. The van der Waals surface area contributed by atoms with Crippen LogP contribution in [0.25, 0.3) is 0 Å². The highest BCUT2D eigenvalue weighted by Gasteiger charge is 2.20. The number of hydrogen-bond acceptors (Lipinski definition) is 5. The molecule has 0 aliphatic carbocycles. The second-order valence-corrected chi connectivity index (χ2v) is 20.7. The molecular formula is C63H117NO5. The zero-order valence-electron chi connectivity index (χ0n) is 46.0. The van der Waals surface area contributed by atoms with Gasteiger partial charge in [0.2, 0.25) is 5.91 Å². The van der Waals surface area contributed by atoms with Crippen LogP contribution in [0.4, 0.5) is 0 Å². The van der Waals surface area contributed by atoms with Crippen LogP contribution in [-0.2, 0) is 14.3 Å². The van der Waals surface area contributed by atoms with Gasteiger partial charge < -0.3 is 20.3 Å². The maximum atomic E-state index is 12.5. The fourth-order valence-electron chi connectivity index (χ4n) is 9.17. The largest absolute Gasteiger partial charge is 0.466 e. The molecular weight excluding hydrogens is 851 g/mol. The van der Waals surface area contributed by atoms with Crippen molar-refractivity contribution in [2.24, 2.45) is 0 Å². The van der Waals surface area contributed by atoms with Gasteiger partial charge in [0.05, 0.1) is 25.4 Å². The van der Waals surface area contributed by atoms with Gasteiger partial charge in [-0.2, -0.15) is 0 Å². The number of allylic oxidation sites excluding steroid dienone is 8. The molecule has 0 bridgehead atoms. The Hall–Kier alpha value is -2.18. The van der Waals surface area contributed by atoms with Gasteiger partial charge in [-0.3, -0.25) is 9.59 Å². The van der Waals surface area contributed by atoms with Crippen molar-refractivity contribution in [2.45, 2.75) is 328 Å². The Labute approximate surface area is 429 Å². The van der Waals surface area contributed by atoms with Crippen molar-refractivity contribution in [3.05, 3.63) is 48.6 Å². The third kappa shape index (κ3) is 55.0. The van der Waals surface area contributed by atoms with Crippen LogP contribution in [0.1, 0.15) is 316 Å². The van der Waals surface area contributed by atoms with Crippen molar-refractivity contribution < 1.29 is 24.5 Å². The van der Waals surface area contributed by atoms with Crippen molar-refractivity contribution in [3.8, 4) is 0 Å². The number of unbranched alkanes of at least 4 members (excludes halogenated alkanes) is 37. The summed E-state index contributed by atoms with van der Waals surface area (Å²) in [6.07, 6.45) is 74.0. The fourth-order valence-corrected chi connectivity index (χ4v) is 9.17. The van der Waals surface area contributed by atoms with Crippen LogP contribution in [0.2, 0.25) is 0 Å². The van der Waals surface area contributed by atoms with E-state index < -0.39 is 12.1 Å². The summed E-state index contributed by atoms with van der Waals surface area (Å²) in [6, 6.07) is -0.550. The summed E-state index contributed by atoms with van der Waals surface area (Å²) >= 11 is 0. The van der Waals surface area contributed by atoms with Crippen LogP contribution in [0, 0.1) is 0 Å². The topological polar surface area (TPSA) is 95.9 Å². The standard InChI is InChI=1S/C63H117NO5/c1-3-5-7-9-11-13-15-17-28-33-37-41-45-49-53-57-63(68)69-58-54-50-46-42-38-34-30-27-25-23-21-19-20-22-24-26-29-32-36-40-44-48-52-56-62(67)64-60(59-65)61(66)55-51-47-43-39-35-31-18-16-14-12-10-8-6-4-2/h11,13,17,19,21-22,24,28,60-61,65-66H,3-10,12,14-16,18,20,23,25-27,29-59H2,1-2H3,(H,64,67)/b13-11-,21-19-,24-22-,28-17-.